The summed E-state index contributed by atoms with van der Waals surface area (Å²) in [4.78, 5) is 0. The van der Waals surface area contributed by atoms with Gasteiger partial charge >= 0.3 is 0 Å². The lowest BCUT2D eigenvalue weighted by Crippen LogP contribution is -2.37. The van der Waals surface area contributed by atoms with E-state index in [4.69, 9.17) is 0 Å². The molecule has 1 unspecified atom stereocenters. The van der Waals surface area contributed by atoms with Crippen LogP contribution in [0, 0.1) is 5.92 Å². The molecule has 0 radical (unpaired) electrons. The van der Waals surface area contributed by atoms with Crippen LogP contribution in [0.15, 0.2) is 0 Å². The van der Waals surface area contributed by atoms with Gasteiger partial charge in [0.25, 0.3) is 0 Å². The molecule has 0 bridgehead atoms. The van der Waals surface area contributed by atoms with Crippen molar-refractivity contribution >= 4 is 0 Å². The Morgan fingerprint density at radius 3 is 2.17 bits per heavy atom. The van der Waals surface area contributed by atoms with Crippen molar-refractivity contribution in [3.63, 3.8) is 0 Å². The molecule has 2 N–H and O–H groups in total. The summed E-state index contributed by atoms with van der Waals surface area (Å²) >= 11 is 0. The molecule has 0 rings (SSSR count). The Labute approximate surface area is 76.4 Å². The normalized spacial score (nSPS) is 16.5. The van der Waals surface area contributed by atoms with Crippen molar-refractivity contribution in [2.24, 2.45) is 5.92 Å². The molecule has 12 heavy (non-hydrogen) atoms. The number of hydrogen-bond donors (Lipinski definition) is 2. The molecule has 0 saturated heterocycles. The first kappa shape index (κ1) is 11.9. The maximum atomic E-state index is 9.88. The van der Waals surface area contributed by atoms with E-state index in [1.807, 2.05) is 14.0 Å². The Morgan fingerprint density at radius 2 is 1.83 bits per heavy atom. The van der Waals surface area contributed by atoms with Crippen LogP contribution in [0.25, 0.3) is 0 Å². The quantitative estimate of drug-likeness (QED) is 0.642. The van der Waals surface area contributed by atoms with Crippen molar-refractivity contribution in [1.82, 2.24) is 5.32 Å². The van der Waals surface area contributed by atoms with Crippen molar-refractivity contribution in [1.29, 1.82) is 0 Å². The van der Waals surface area contributed by atoms with E-state index in [2.05, 4.69) is 19.2 Å². The van der Waals surface area contributed by atoms with Crippen molar-refractivity contribution in [3.8, 4) is 0 Å². The Bertz CT molecular complexity index is 108. The van der Waals surface area contributed by atoms with Gasteiger partial charge in [-0.3, -0.25) is 0 Å². The summed E-state index contributed by atoms with van der Waals surface area (Å²) in [6.07, 6.45) is 3.23. The van der Waals surface area contributed by atoms with Crippen LogP contribution in [0.5, 0.6) is 0 Å². The summed E-state index contributed by atoms with van der Waals surface area (Å²) in [5.74, 6) is 0.661. The highest BCUT2D eigenvalue weighted by Crippen LogP contribution is 2.21. The number of rotatable bonds is 6. The summed E-state index contributed by atoms with van der Waals surface area (Å²) < 4.78 is 0. The fourth-order valence-corrected chi connectivity index (χ4v) is 1.65. The molecule has 0 fully saturated rings. The van der Waals surface area contributed by atoms with E-state index in [0.29, 0.717) is 12.5 Å². The van der Waals surface area contributed by atoms with Gasteiger partial charge in [0, 0.05) is 6.54 Å². The lowest BCUT2D eigenvalue weighted by Gasteiger charge is -2.27. The third-order valence-corrected chi connectivity index (χ3v) is 2.44. The fraction of sp³-hybridized carbons (Fsp3) is 1.00. The summed E-state index contributed by atoms with van der Waals surface area (Å²) in [6.45, 7) is 6.96. The van der Waals surface area contributed by atoms with Crippen LogP contribution in [-0.2, 0) is 0 Å². The zero-order valence-corrected chi connectivity index (χ0v) is 8.85. The van der Waals surface area contributed by atoms with Gasteiger partial charge in [0.15, 0.2) is 0 Å². The van der Waals surface area contributed by atoms with E-state index in [-0.39, 0.29) is 0 Å². The van der Waals surface area contributed by atoms with Gasteiger partial charge < -0.3 is 10.4 Å². The Hall–Kier alpha value is -0.0800. The van der Waals surface area contributed by atoms with E-state index in [1.165, 1.54) is 0 Å². The van der Waals surface area contributed by atoms with Gasteiger partial charge in [-0.1, -0.05) is 26.7 Å². The van der Waals surface area contributed by atoms with Gasteiger partial charge in [-0.2, -0.15) is 0 Å². The Kier molecular flexibility index (Phi) is 5.51. The lowest BCUT2D eigenvalue weighted by atomic mass is 9.88. The maximum absolute atomic E-state index is 9.88. The molecule has 2 nitrogen and oxygen atoms in total. The molecular formula is C10H23NO. The predicted octanol–water partition coefficient (Wildman–Crippen LogP) is 1.78. The molecule has 0 amide bonds. The third kappa shape index (κ3) is 4.73. The summed E-state index contributed by atoms with van der Waals surface area (Å²) in [7, 11) is 1.88. The zero-order chi connectivity index (χ0) is 9.61. The van der Waals surface area contributed by atoms with E-state index in [1.54, 1.807) is 0 Å². The number of aliphatic hydroxyl groups is 1. The minimum absolute atomic E-state index is 0.536. The molecule has 0 aliphatic rings. The van der Waals surface area contributed by atoms with Crippen molar-refractivity contribution in [3.05, 3.63) is 0 Å². The summed E-state index contributed by atoms with van der Waals surface area (Å²) in [5.41, 5.74) is -0.536. The molecule has 0 aromatic carbocycles. The summed E-state index contributed by atoms with van der Waals surface area (Å²) in [6, 6.07) is 0. The second-order valence-electron chi connectivity index (χ2n) is 3.91. The second kappa shape index (κ2) is 5.55. The van der Waals surface area contributed by atoms with Gasteiger partial charge in [0.2, 0.25) is 0 Å². The molecule has 0 aromatic heterocycles. The predicted molar refractivity (Wildman–Crippen MR) is 53.2 cm³/mol. The lowest BCUT2D eigenvalue weighted by molar-refractivity contribution is 0.0344. The smallest absolute Gasteiger partial charge is 0.0746 e. The first-order chi connectivity index (χ1) is 5.55. The van der Waals surface area contributed by atoms with Gasteiger partial charge in [0.1, 0.15) is 0 Å². The van der Waals surface area contributed by atoms with Crippen molar-refractivity contribution in [2.45, 2.75) is 45.6 Å². The van der Waals surface area contributed by atoms with Crippen molar-refractivity contribution in [2.75, 3.05) is 13.6 Å². The van der Waals surface area contributed by atoms with Gasteiger partial charge in [0.05, 0.1) is 5.60 Å². The molecule has 0 aliphatic heterocycles. The van der Waals surface area contributed by atoms with Crippen LogP contribution in [0.3, 0.4) is 0 Å². The minimum Gasteiger partial charge on any atom is -0.389 e. The van der Waals surface area contributed by atoms with Crippen LogP contribution in [0.1, 0.15) is 40.0 Å². The van der Waals surface area contributed by atoms with Crippen molar-refractivity contribution < 1.29 is 5.11 Å². The first-order valence-corrected chi connectivity index (χ1v) is 4.92. The molecule has 0 heterocycles. The van der Waals surface area contributed by atoms with Crippen LogP contribution >= 0.6 is 0 Å². The molecule has 74 valence electrons. The van der Waals surface area contributed by atoms with Crippen LogP contribution in [0.2, 0.25) is 0 Å². The maximum Gasteiger partial charge on any atom is 0.0746 e. The molecule has 2 heteroatoms. The van der Waals surface area contributed by atoms with Crippen LogP contribution in [0.4, 0.5) is 0 Å². The zero-order valence-electron chi connectivity index (χ0n) is 8.85. The van der Waals surface area contributed by atoms with Gasteiger partial charge in [-0.05, 0) is 26.3 Å². The molecule has 0 saturated carbocycles. The SMILES string of the molecule is CCC(CC)CC(C)(O)CNC. The largest absolute Gasteiger partial charge is 0.389 e. The van der Waals surface area contributed by atoms with Gasteiger partial charge in [-0.25, -0.2) is 0 Å². The first-order valence-electron chi connectivity index (χ1n) is 4.92. The number of hydrogen-bond acceptors (Lipinski definition) is 2. The molecule has 0 aliphatic carbocycles. The third-order valence-electron chi connectivity index (χ3n) is 2.44. The molecule has 0 spiro atoms. The van der Waals surface area contributed by atoms with E-state index in [0.717, 1.165) is 19.3 Å². The average molecular weight is 173 g/mol. The number of nitrogens with one attached hydrogen (secondary N) is 1. The second-order valence-corrected chi connectivity index (χ2v) is 3.91. The number of likely N-dealkylation sites (N-methyl/N-ethyl adjacent to an activating group) is 1. The van der Waals surface area contributed by atoms with Gasteiger partial charge in [-0.15, -0.1) is 0 Å². The molecular weight excluding hydrogens is 150 g/mol. The average Bonchev–Trinajstić information content (AvgIpc) is 2.00. The highest BCUT2D eigenvalue weighted by atomic mass is 16.3. The van der Waals surface area contributed by atoms with E-state index in [9.17, 15) is 5.11 Å². The highest BCUT2D eigenvalue weighted by molar-refractivity contribution is 4.77. The molecule has 0 aromatic rings. The fourth-order valence-electron chi connectivity index (χ4n) is 1.65. The molecule has 1 atom stereocenters. The standard InChI is InChI=1S/C10H23NO/c1-5-9(6-2)7-10(3,12)8-11-4/h9,11-12H,5-8H2,1-4H3. The summed E-state index contributed by atoms with van der Waals surface area (Å²) in [5, 5.41) is 12.9. The topological polar surface area (TPSA) is 32.3 Å². The van der Waals surface area contributed by atoms with E-state index >= 15 is 0 Å². The Morgan fingerprint density at radius 1 is 1.33 bits per heavy atom. The van der Waals surface area contributed by atoms with Crippen LogP contribution in [-0.4, -0.2) is 24.3 Å². The minimum atomic E-state index is -0.536. The van der Waals surface area contributed by atoms with E-state index < -0.39 is 5.60 Å². The Balaban J connectivity index is 3.84. The monoisotopic (exact) mass is 173 g/mol. The highest BCUT2D eigenvalue weighted by Gasteiger charge is 2.22. The van der Waals surface area contributed by atoms with Crippen LogP contribution < -0.4 is 5.32 Å².